The summed E-state index contributed by atoms with van der Waals surface area (Å²) in [6.07, 6.45) is 3.88. The third-order valence-corrected chi connectivity index (χ3v) is 0.222. The average Bonchev–Trinajstić information content (AvgIpc) is 1.41. The van der Waals surface area contributed by atoms with Crippen LogP contribution >= 0.6 is 0 Å². The van der Waals surface area contributed by atoms with E-state index in [0.717, 1.165) is 6.20 Å². The molecule has 2 radical (unpaired) electrons. The monoisotopic (exact) mass is 67.0 g/mol. The molecule has 0 unspecified atom stereocenters. The third kappa shape index (κ3) is 3.28. The largest absolute Gasteiger partial charge is 0.159 e. The Hall–Kier alpha value is -0.720. The molecule has 0 atom stereocenters. The van der Waals surface area contributed by atoms with Crippen molar-refractivity contribution in [3.8, 4) is 0 Å². The molecule has 0 bridgehead atoms. The highest BCUT2D eigenvalue weighted by atomic mass is 14.5. The van der Waals surface area contributed by atoms with E-state index in [-0.39, 0.29) is 0 Å². The van der Waals surface area contributed by atoms with Crippen LogP contribution in [0.15, 0.2) is 24.9 Å². The van der Waals surface area contributed by atoms with Gasteiger partial charge in [0.25, 0.3) is 0 Å². The molecular weight excluding hydrogens is 62.1 g/mol. The second-order valence-electron chi connectivity index (χ2n) is 0.577. The molecule has 5 heavy (non-hydrogen) atoms. The zero-order chi connectivity index (χ0) is 4.12. The van der Waals surface area contributed by atoms with Gasteiger partial charge in [0.2, 0.25) is 0 Å². The molecule has 0 aromatic heterocycles. The Morgan fingerprint density at radius 2 is 2.20 bits per heavy atom. The van der Waals surface area contributed by atoms with Crippen molar-refractivity contribution in [2.24, 2.45) is 0 Å². The quantitative estimate of drug-likeness (QED) is 0.404. The Balaban J connectivity index is 2.92. The Kier molecular flexibility index (Phi) is 2.81. The van der Waals surface area contributed by atoms with Gasteiger partial charge in [0, 0.05) is 6.20 Å². The summed E-state index contributed by atoms with van der Waals surface area (Å²) < 4.78 is 0. The second-order valence-corrected chi connectivity index (χ2v) is 0.577. The van der Waals surface area contributed by atoms with E-state index in [1.807, 2.05) is 0 Å². The van der Waals surface area contributed by atoms with Crippen LogP contribution in [0, 0.1) is 0 Å². The minimum atomic E-state index is 0.938. The summed E-state index contributed by atoms with van der Waals surface area (Å²) in [5, 5.41) is 0. The van der Waals surface area contributed by atoms with Crippen molar-refractivity contribution in [1.29, 1.82) is 0 Å². The number of hydrogen-bond donors (Lipinski definition) is 0. The molecule has 0 saturated carbocycles. The van der Waals surface area contributed by atoms with Gasteiger partial charge in [-0.2, -0.15) is 5.73 Å². The van der Waals surface area contributed by atoms with E-state index < -0.39 is 0 Å². The molecule has 0 aromatic carbocycles. The van der Waals surface area contributed by atoms with Gasteiger partial charge in [-0.05, 0) is 6.08 Å². The van der Waals surface area contributed by atoms with Crippen LogP contribution in [0.1, 0.15) is 0 Å². The van der Waals surface area contributed by atoms with Crippen LogP contribution in [0.3, 0.4) is 0 Å². The molecule has 0 aliphatic rings. The topological polar surface area (TPSA) is 22.3 Å². The minimum Gasteiger partial charge on any atom is -0.159 e. The van der Waals surface area contributed by atoms with Crippen LogP contribution in [-0.2, 0) is 0 Å². The Bertz CT molecular complexity index is 45.6. The predicted octanol–water partition coefficient (Wildman–Crippen LogP) is 0.755. The van der Waals surface area contributed by atoms with Crippen LogP contribution in [-0.4, -0.2) is 0 Å². The van der Waals surface area contributed by atoms with Crippen LogP contribution in [0.5, 0.6) is 0 Å². The summed E-state index contributed by atoms with van der Waals surface area (Å²) in [6, 6.07) is 0. The van der Waals surface area contributed by atoms with E-state index in [0.29, 0.717) is 0 Å². The van der Waals surface area contributed by atoms with E-state index in [2.05, 4.69) is 6.58 Å². The van der Waals surface area contributed by atoms with Crippen molar-refractivity contribution >= 4 is 0 Å². The smallest absolute Gasteiger partial charge is 0.0495 e. The van der Waals surface area contributed by atoms with Gasteiger partial charge < -0.3 is 0 Å². The molecule has 0 saturated heterocycles. The molecule has 0 rings (SSSR count). The fourth-order valence-electron chi connectivity index (χ4n) is 0.0609. The van der Waals surface area contributed by atoms with Gasteiger partial charge in [-0.15, -0.1) is 0 Å². The van der Waals surface area contributed by atoms with Gasteiger partial charge in [0.05, 0.1) is 0 Å². The number of nitrogens with zero attached hydrogens (tertiary/aromatic N) is 1. The first-order valence-electron chi connectivity index (χ1n) is 1.33. The Morgan fingerprint density at radius 3 is 2.20 bits per heavy atom. The minimum absolute atomic E-state index is 0.938. The maximum Gasteiger partial charge on any atom is 0.0495 e. The lowest BCUT2D eigenvalue weighted by molar-refractivity contribution is 1.52. The number of allylic oxidation sites excluding steroid dienone is 2. The fourth-order valence-corrected chi connectivity index (χ4v) is 0.0609. The van der Waals surface area contributed by atoms with Crippen molar-refractivity contribution in [3.63, 3.8) is 0 Å². The standard InChI is InChI=1S/C4H5N/c1-2-3-4-5/h2-4H,1H2. The molecular formula is C4H5N. The van der Waals surface area contributed by atoms with Crippen molar-refractivity contribution < 1.29 is 0 Å². The van der Waals surface area contributed by atoms with Crippen molar-refractivity contribution in [2.45, 2.75) is 0 Å². The zero-order valence-electron chi connectivity index (χ0n) is 2.89. The van der Waals surface area contributed by atoms with E-state index in [1.54, 1.807) is 0 Å². The SMILES string of the molecule is C=CC=C[N]. The van der Waals surface area contributed by atoms with Crippen LogP contribution in [0.2, 0.25) is 0 Å². The lowest BCUT2D eigenvalue weighted by Crippen LogP contribution is -1.46. The van der Waals surface area contributed by atoms with Gasteiger partial charge in [-0.3, -0.25) is 0 Å². The van der Waals surface area contributed by atoms with Crippen LogP contribution in [0.4, 0.5) is 0 Å². The molecule has 0 heterocycles. The number of hydrogen-bond acceptors (Lipinski definition) is 0. The molecule has 1 nitrogen and oxygen atoms in total. The van der Waals surface area contributed by atoms with Gasteiger partial charge >= 0.3 is 0 Å². The van der Waals surface area contributed by atoms with Crippen molar-refractivity contribution in [2.75, 3.05) is 0 Å². The van der Waals surface area contributed by atoms with Gasteiger partial charge in [-0.25, -0.2) is 0 Å². The summed E-state index contributed by atoms with van der Waals surface area (Å²) in [5.41, 5.74) is 7.81. The van der Waals surface area contributed by atoms with Gasteiger partial charge in [0.1, 0.15) is 0 Å². The molecule has 26 valence electrons. The molecule has 1 heteroatoms. The summed E-state index contributed by atoms with van der Waals surface area (Å²) in [4.78, 5) is 0. The number of rotatable bonds is 1. The van der Waals surface area contributed by atoms with E-state index in [9.17, 15) is 0 Å². The third-order valence-electron chi connectivity index (χ3n) is 0.222. The molecule has 0 spiro atoms. The molecule has 0 amide bonds. The molecule has 0 aliphatic carbocycles. The lowest BCUT2D eigenvalue weighted by Gasteiger charge is -1.53. The highest BCUT2D eigenvalue weighted by molar-refractivity contribution is 4.93. The maximum absolute atomic E-state index is 7.81. The highest BCUT2D eigenvalue weighted by Crippen LogP contribution is 1.60. The highest BCUT2D eigenvalue weighted by Gasteiger charge is 1.45. The zero-order valence-corrected chi connectivity index (χ0v) is 2.89. The van der Waals surface area contributed by atoms with E-state index >= 15 is 0 Å². The summed E-state index contributed by atoms with van der Waals surface area (Å²) in [7, 11) is 0. The normalized spacial score (nSPS) is 8.80. The van der Waals surface area contributed by atoms with E-state index in [4.69, 9.17) is 5.73 Å². The van der Waals surface area contributed by atoms with E-state index in [1.165, 1.54) is 12.2 Å². The van der Waals surface area contributed by atoms with Crippen LogP contribution in [0.25, 0.3) is 0 Å². The first kappa shape index (κ1) is 4.28. The van der Waals surface area contributed by atoms with Crippen molar-refractivity contribution in [3.05, 3.63) is 24.9 Å². The van der Waals surface area contributed by atoms with Crippen molar-refractivity contribution in [1.82, 2.24) is 5.73 Å². The first-order valence-corrected chi connectivity index (χ1v) is 1.33. The molecule has 0 aromatic rings. The van der Waals surface area contributed by atoms with Gasteiger partial charge in [-0.1, -0.05) is 12.7 Å². The lowest BCUT2D eigenvalue weighted by atomic mass is 10.6. The Labute approximate surface area is 31.8 Å². The van der Waals surface area contributed by atoms with Gasteiger partial charge in [0.15, 0.2) is 0 Å². The predicted molar refractivity (Wildman–Crippen MR) is 21.5 cm³/mol. The maximum atomic E-state index is 7.81. The first-order chi connectivity index (χ1) is 2.41. The van der Waals surface area contributed by atoms with Crippen LogP contribution < -0.4 is 5.73 Å². The molecule has 0 aliphatic heterocycles. The second kappa shape index (κ2) is 3.28. The Morgan fingerprint density at radius 1 is 1.60 bits per heavy atom. The fraction of sp³-hybridized carbons (Fsp3) is 0. The molecule has 0 fully saturated rings. The average molecular weight is 67.1 g/mol. The summed E-state index contributed by atoms with van der Waals surface area (Å²) >= 11 is 0. The molecule has 0 N–H and O–H groups in total. The summed E-state index contributed by atoms with van der Waals surface area (Å²) in [5.74, 6) is 0. The summed E-state index contributed by atoms with van der Waals surface area (Å²) in [6.45, 7) is 3.30.